The molecule has 3 heteroatoms. The number of pyridine rings is 1. The molecule has 0 atom stereocenters. The summed E-state index contributed by atoms with van der Waals surface area (Å²) in [7, 11) is 0. The van der Waals surface area contributed by atoms with Crippen LogP contribution in [0.15, 0.2) is 12.3 Å². The molecule has 0 aliphatic rings. The Morgan fingerprint density at radius 1 is 1.70 bits per heavy atom. The predicted octanol–water partition coefficient (Wildman–Crippen LogP) is 2.45. The van der Waals surface area contributed by atoms with Crippen LogP contribution >= 0.6 is 11.6 Å². The first-order valence-corrected chi connectivity index (χ1v) is 3.22. The van der Waals surface area contributed by atoms with Crippen LogP contribution in [0.1, 0.15) is 12.5 Å². The highest BCUT2D eigenvalue weighted by Gasteiger charge is 2.00. The number of aromatic nitrogens is 1. The van der Waals surface area contributed by atoms with E-state index >= 15 is 0 Å². The molecule has 1 aromatic heterocycles. The largest absolute Gasteiger partial charge is 0.227 e. The molecule has 53 valence electrons. The summed E-state index contributed by atoms with van der Waals surface area (Å²) < 4.78 is 12.6. The van der Waals surface area contributed by atoms with Crippen LogP contribution < -0.4 is 0 Å². The van der Waals surface area contributed by atoms with Crippen LogP contribution in [-0.2, 0) is 0 Å². The van der Waals surface area contributed by atoms with Crippen LogP contribution in [-0.4, -0.2) is 4.98 Å². The smallest absolute Gasteiger partial charge is 0.216 e. The Labute approximate surface area is 63.8 Å². The molecule has 0 fully saturated rings. The van der Waals surface area contributed by atoms with Crippen molar-refractivity contribution < 1.29 is 4.39 Å². The van der Waals surface area contributed by atoms with Crippen molar-refractivity contribution in [2.75, 3.05) is 0 Å². The number of hydrogen-bond acceptors (Lipinski definition) is 1. The lowest BCUT2D eigenvalue weighted by molar-refractivity contribution is 0.576. The minimum atomic E-state index is -0.480. The highest BCUT2D eigenvalue weighted by atomic mass is 35.5. The lowest BCUT2D eigenvalue weighted by atomic mass is 10.2. The number of rotatable bonds is 1. The van der Waals surface area contributed by atoms with Crippen LogP contribution in [0.25, 0.3) is 0 Å². The Balaban J connectivity index is 3.09. The molecule has 1 radical (unpaired) electrons. The maximum atomic E-state index is 12.6. The molecule has 0 N–H and O–H groups in total. The fourth-order valence-corrected chi connectivity index (χ4v) is 0.807. The lowest BCUT2D eigenvalue weighted by Crippen LogP contribution is -1.88. The molecule has 1 heterocycles. The van der Waals surface area contributed by atoms with E-state index in [9.17, 15) is 4.39 Å². The van der Waals surface area contributed by atoms with Crippen LogP contribution in [0.5, 0.6) is 0 Å². The third kappa shape index (κ3) is 1.45. The average Bonchev–Trinajstić information content (AvgIpc) is 1.94. The van der Waals surface area contributed by atoms with Gasteiger partial charge in [-0.05, 0) is 12.5 Å². The van der Waals surface area contributed by atoms with Crippen molar-refractivity contribution in [1.82, 2.24) is 4.98 Å². The maximum absolute atomic E-state index is 12.6. The SMILES string of the molecule is C[CH]c1cc(Cl)cnc1F. The quantitative estimate of drug-likeness (QED) is 0.572. The van der Waals surface area contributed by atoms with Gasteiger partial charge in [0.1, 0.15) is 0 Å². The minimum Gasteiger partial charge on any atom is -0.227 e. The van der Waals surface area contributed by atoms with E-state index in [1.54, 1.807) is 13.3 Å². The van der Waals surface area contributed by atoms with Gasteiger partial charge in [-0.2, -0.15) is 4.39 Å². The van der Waals surface area contributed by atoms with Gasteiger partial charge in [-0.15, -0.1) is 0 Å². The Kier molecular flexibility index (Phi) is 2.22. The second kappa shape index (κ2) is 2.97. The molecular weight excluding hydrogens is 153 g/mol. The molecule has 0 aliphatic heterocycles. The summed E-state index contributed by atoms with van der Waals surface area (Å²) in [6.45, 7) is 1.73. The highest BCUT2D eigenvalue weighted by Crippen LogP contribution is 2.12. The fourth-order valence-electron chi connectivity index (χ4n) is 0.641. The summed E-state index contributed by atoms with van der Waals surface area (Å²) >= 11 is 5.55. The van der Waals surface area contributed by atoms with Gasteiger partial charge in [0.15, 0.2) is 0 Å². The monoisotopic (exact) mass is 158 g/mol. The highest BCUT2D eigenvalue weighted by molar-refractivity contribution is 6.30. The van der Waals surface area contributed by atoms with E-state index in [0.29, 0.717) is 10.6 Å². The molecule has 0 aromatic carbocycles. The van der Waals surface area contributed by atoms with Gasteiger partial charge in [0.05, 0.1) is 5.02 Å². The Bertz CT molecular complexity index is 237. The van der Waals surface area contributed by atoms with Gasteiger partial charge in [-0.25, -0.2) is 4.98 Å². The Morgan fingerprint density at radius 2 is 2.40 bits per heavy atom. The van der Waals surface area contributed by atoms with Crippen LogP contribution in [0.4, 0.5) is 4.39 Å². The molecule has 1 rings (SSSR count). The van der Waals surface area contributed by atoms with E-state index in [2.05, 4.69) is 4.98 Å². The molecule has 0 bridgehead atoms. The maximum Gasteiger partial charge on any atom is 0.216 e. The first-order chi connectivity index (χ1) is 4.74. The Morgan fingerprint density at radius 3 is 2.90 bits per heavy atom. The zero-order valence-electron chi connectivity index (χ0n) is 5.44. The summed E-state index contributed by atoms with van der Waals surface area (Å²) in [5, 5.41) is 0.453. The van der Waals surface area contributed by atoms with Crippen molar-refractivity contribution in [2.24, 2.45) is 0 Å². The standard InChI is InChI=1S/C7H6ClFN/c1-2-5-3-6(8)4-10-7(5)9/h2-4H,1H3. The van der Waals surface area contributed by atoms with Gasteiger partial charge in [0.25, 0.3) is 0 Å². The summed E-state index contributed by atoms with van der Waals surface area (Å²) in [6.07, 6.45) is 2.90. The van der Waals surface area contributed by atoms with Gasteiger partial charge >= 0.3 is 0 Å². The Hall–Kier alpha value is -0.630. The van der Waals surface area contributed by atoms with E-state index in [0.717, 1.165) is 0 Å². The van der Waals surface area contributed by atoms with Crippen molar-refractivity contribution in [3.63, 3.8) is 0 Å². The molecule has 1 aromatic rings. The summed E-state index contributed by atoms with van der Waals surface area (Å²) in [6, 6.07) is 1.53. The molecular formula is C7H6ClFN. The first kappa shape index (κ1) is 7.48. The first-order valence-electron chi connectivity index (χ1n) is 2.84. The van der Waals surface area contributed by atoms with Gasteiger partial charge in [0, 0.05) is 11.8 Å². The predicted molar refractivity (Wildman–Crippen MR) is 38.3 cm³/mol. The van der Waals surface area contributed by atoms with E-state index in [-0.39, 0.29) is 0 Å². The van der Waals surface area contributed by atoms with Crippen molar-refractivity contribution in [3.05, 3.63) is 35.2 Å². The van der Waals surface area contributed by atoms with E-state index in [4.69, 9.17) is 11.6 Å². The molecule has 10 heavy (non-hydrogen) atoms. The number of nitrogens with zero attached hydrogens (tertiary/aromatic N) is 1. The van der Waals surface area contributed by atoms with Crippen molar-refractivity contribution >= 4 is 11.6 Å². The van der Waals surface area contributed by atoms with E-state index in [1.165, 1.54) is 12.3 Å². The average molecular weight is 159 g/mol. The van der Waals surface area contributed by atoms with Crippen LogP contribution in [0, 0.1) is 12.4 Å². The molecule has 0 saturated heterocycles. The van der Waals surface area contributed by atoms with Crippen molar-refractivity contribution in [1.29, 1.82) is 0 Å². The van der Waals surface area contributed by atoms with Gasteiger partial charge < -0.3 is 0 Å². The number of halogens is 2. The van der Waals surface area contributed by atoms with E-state index < -0.39 is 5.95 Å². The van der Waals surface area contributed by atoms with Crippen molar-refractivity contribution in [2.45, 2.75) is 6.92 Å². The van der Waals surface area contributed by atoms with Crippen LogP contribution in [0.2, 0.25) is 5.02 Å². The zero-order valence-corrected chi connectivity index (χ0v) is 6.19. The molecule has 0 unspecified atom stereocenters. The fraction of sp³-hybridized carbons (Fsp3) is 0.143. The zero-order chi connectivity index (χ0) is 7.56. The summed E-state index contributed by atoms with van der Waals surface area (Å²) in [5.41, 5.74) is 0.438. The van der Waals surface area contributed by atoms with Crippen molar-refractivity contribution in [3.8, 4) is 0 Å². The molecule has 0 amide bonds. The second-order valence-corrected chi connectivity index (χ2v) is 2.26. The summed E-state index contributed by atoms with van der Waals surface area (Å²) in [5.74, 6) is -0.480. The normalized spacial score (nSPS) is 9.90. The lowest BCUT2D eigenvalue weighted by Gasteiger charge is -1.96. The molecule has 0 aliphatic carbocycles. The van der Waals surface area contributed by atoms with Gasteiger partial charge in [0.2, 0.25) is 5.95 Å². The topological polar surface area (TPSA) is 12.9 Å². The molecule has 0 spiro atoms. The summed E-state index contributed by atoms with van der Waals surface area (Å²) in [4.78, 5) is 3.42. The second-order valence-electron chi connectivity index (χ2n) is 1.82. The molecule has 0 saturated carbocycles. The third-order valence-corrected chi connectivity index (χ3v) is 1.35. The van der Waals surface area contributed by atoms with Crippen LogP contribution in [0.3, 0.4) is 0 Å². The minimum absolute atomic E-state index is 0.438. The van der Waals surface area contributed by atoms with Gasteiger partial charge in [-0.1, -0.05) is 18.5 Å². The third-order valence-electron chi connectivity index (χ3n) is 1.14. The number of hydrogen-bond donors (Lipinski definition) is 0. The van der Waals surface area contributed by atoms with Gasteiger partial charge in [-0.3, -0.25) is 0 Å². The van der Waals surface area contributed by atoms with E-state index in [1.807, 2.05) is 0 Å². The molecule has 1 nitrogen and oxygen atoms in total.